The van der Waals surface area contributed by atoms with E-state index in [2.05, 4.69) is 42.1 Å². The largest absolute Gasteiger partial charge is 0.483 e. The van der Waals surface area contributed by atoms with Gasteiger partial charge in [-0.25, -0.2) is 4.98 Å². The first-order valence-corrected chi connectivity index (χ1v) is 14.8. The van der Waals surface area contributed by atoms with Crippen molar-refractivity contribution in [3.05, 3.63) is 106 Å². The molecule has 1 aromatic heterocycles. The van der Waals surface area contributed by atoms with Crippen molar-refractivity contribution >= 4 is 28.8 Å². The molecular formula is C32H34ClN3O3S. The Bertz CT molecular complexity index is 1410. The van der Waals surface area contributed by atoms with Crippen LogP contribution in [0.4, 0.5) is 0 Å². The van der Waals surface area contributed by atoms with E-state index < -0.39 is 5.60 Å². The summed E-state index contributed by atoms with van der Waals surface area (Å²) in [5, 5.41) is 14.9. The highest BCUT2D eigenvalue weighted by molar-refractivity contribution is 7.09. The molecular weight excluding hydrogens is 542 g/mol. The van der Waals surface area contributed by atoms with E-state index in [0.717, 1.165) is 27.3 Å². The number of rotatable bonds is 9. The summed E-state index contributed by atoms with van der Waals surface area (Å²) in [6.07, 6.45) is 2.77. The first-order valence-electron chi connectivity index (χ1n) is 13.5. The average molecular weight is 576 g/mol. The molecule has 1 atom stereocenters. The molecule has 0 bridgehead atoms. The Labute approximate surface area is 244 Å². The monoisotopic (exact) mass is 575 g/mol. The Hall–Kier alpha value is -3.23. The molecule has 0 radical (unpaired) electrons. The van der Waals surface area contributed by atoms with Gasteiger partial charge in [-0.2, -0.15) is 0 Å². The zero-order valence-corrected chi connectivity index (χ0v) is 24.4. The Morgan fingerprint density at radius 2 is 1.82 bits per heavy atom. The van der Waals surface area contributed by atoms with Gasteiger partial charge in [0.1, 0.15) is 10.8 Å². The number of ether oxygens (including phenoxy) is 1. The zero-order chi connectivity index (χ0) is 28.1. The van der Waals surface area contributed by atoms with E-state index in [-0.39, 0.29) is 18.6 Å². The minimum absolute atomic E-state index is 0.0528. The van der Waals surface area contributed by atoms with Gasteiger partial charge in [0, 0.05) is 41.8 Å². The van der Waals surface area contributed by atoms with E-state index in [1.807, 2.05) is 54.0 Å². The second-order valence-electron chi connectivity index (χ2n) is 10.4. The number of thiazole rings is 1. The van der Waals surface area contributed by atoms with Gasteiger partial charge < -0.3 is 14.7 Å². The topological polar surface area (TPSA) is 65.9 Å². The molecule has 208 valence electrons. The van der Waals surface area contributed by atoms with Crippen LogP contribution >= 0.6 is 22.9 Å². The quantitative estimate of drug-likeness (QED) is 0.245. The van der Waals surface area contributed by atoms with Crippen LogP contribution in [0.5, 0.6) is 5.75 Å². The number of benzene rings is 3. The lowest BCUT2D eigenvalue weighted by Gasteiger charge is -2.38. The lowest BCUT2D eigenvalue weighted by molar-refractivity contribution is -0.137. The molecule has 1 amide bonds. The number of halogens is 1. The van der Waals surface area contributed by atoms with Crippen LogP contribution < -0.4 is 4.74 Å². The second-order valence-corrected chi connectivity index (χ2v) is 11.7. The molecule has 1 N–H and O–H groups in total. The minimum atomic E-state index is -0.957. The highest BCUT2D eigenvalue weighted by Gasteiger charge is 2.35. The van der Waals surface area contributed by atoms with Crippen molar-refractivity contribution in [2.75, 3.05) is 26.7 Å². The third kappa shape index (κ3) is 6.56. The molecule has 8 heteroatoms. The summed E-state index contributed by atoms with van der Waals surface area (Å²) in [6.45, 7) is 3.67. The lowest BCUT2D eigenvalue weighted by atomic mass is 9.84. The number of hydrogen-bond acceptors (Lipinski definition) is 6. The number of carbonyl (C=O) groups excluding carboxylic acids is 1. The summed E-state index contributed by atoms with van der Waals surface area (Å²) in [7, 11) is 2.08. The van der Waals surface area contributed by atoms with Crippen molar-refractivity contribution in [3.8, 4) is 16.9 Å². The van der Waals surface area contributed by atoms with Crippen molar-refractivity contribution in [1.29, 1.82) is 0 Å². The number of carbonyl (C=O) groups is 1. The number of hydrogen-bond donors (Lipinski definition) is 1. The van der Waals surface area contributed by atoms with E-state index in [1.54, 1.807) is 28.4 Å². The van der Waals surface area contributed by atoms with Gasteiger partial charge in [0.05, 0.1) is 11.6 Å². The molecule has 2 heterocycles. The van der Waals surface area contributed by atoms with E-state index in [4.69, 9.17) is 16.3 Å². The van der Waals surface area contributed by atoms with Gasteiger partial charge in [0.15, 0.2) is 6.61 Å². The molecule has 6 nitrogen and oxygen atoms in total. The van der Waals surface area contributed by atoms with Gasteiger partial charge in [0.2, 0.25) is 0 Å². The van der Waals surface area contributed by atoms with Crippen molar-refractivity contribution in [2.45, 2.75) is 38.0 Å². The summed E-state index contributed by atoms with van der Waals surface area (Å²) in [5.41, 5.74) is 3.11. The second kappa shape index (κ2) is 12.5. The first-order chi connectivity index (χ1) is 19.3. The van der Waals surface area contributed by atoms with Crippen LogP contribution in [-0.4, -0.2) is 52.5 Å². The van der Waals surface area contributed by atoms with Crippen molar-refractivity contribution in [3.63, 3.8) is 0 Å². The Balaban J connectivity index is 1.27. The van der Waals surface area contributed by atoms with Crippen LogP contribution in [0, 0.1) is 0 Å². The van der Waals surface area contributed by atoms with Crippen LogP contribution in [0.2, 0.25) is 5.02 Å². The van der Waals surface area contributed by atoms with Gasteiger partial charge >= 0.3 is 0 Å². The maximum Gasteiger partial charge on any atom is 0.260 e. The molecule has 3 aromatic carbocycles. The Morgan fingerprint density at radius 3 is 2.50 bits per heavy atom. The maximum absolute atomic E-state index is 13.1. The lowest BCUT2D eigenvalue weighted by Crippen LogP contribution is -2.46. The Kier molecular flexibility index (Phi) is 8.86. The number of likely N-dealkylation sites (tertiary alicyclic amines) is 1. The molecule has 1 aliphatic heterocycles. The van der Waals surface area contributed by atoms with Crippen molar-refractivity contribution in [1.82, 2.24) is 14.8 Å². The normalized spacial score (nSPS) is 15.7. The first kappa shape index (κ1) is 28.3. The molecule has 0 aliphatic carbocycles. The fourth-order valence-corrected chi connectivity index (χ4v) is 5.98. The highest BCUT2D eigenvalue weighted by Crippen LogP contribution is 2.34. The average Bonchev–Trinajstić information content (AvgIpc) is 3.52. The standard InChI is InChI=1S/C32H34ClN3O3S/c1-23(31-34-16-19-40-31)35(2)21-26-20-25(24-6-4-3-5-7-24)8-13-29(26)39-22-30(37)36-17-14-32(38,15-18-36)27-9-11-28(33)12-10-27/h3-13,16,19-20,23,38H,14-15,17-18,21-22H2,1-2H3/t23-/m1/s1. The number of piperidine rings is 1. The molecule has 1 aliphatic rings. The summed E-state index contributed by atoms with van der Waals surface area (Å²) in [5.74, 6) is 0.613. The fourth-order valence-electron chi connectivity index (χ4n) is 5.09. The van der Waals surface area contributed by atoms with Crippen LogP contribution in [0.25, 0.3) is 11.1 Å². The number of aromatic nitrogens is 1. The summed E-state index contributed by atoms with van der Waals surface area (Å²) in [6, 6.07) is 23.8. The van der Waals surface area contributed by atoms with Crippen LogP contribution in [0.1, 0.15) is 41.9 Å². The summed E-state index contributed by atoms with van der Waals surface area (Å²) < 4.78 is 6.16. The Morgan fingerprint density at radius 1 is 1.10 bits per heavy atom. The molecule has 0 unspecified atom stereocenters. The molecule has 5 rings (SSSR count). The minimum Gasteiger partial charge on any atom is -0.483 e. The number of aliphatic hydroxyl groups is 1. The molecule has 0 saturated carbocycles. The molecule has 4 aromatic rings. The van der Waals surface area contributed by atoms with Crippen molar-refractivity contribution < 1.29 is 14.6 Å². The van der Waals surface area contributed by atoms with Gasteiger partial charge in [-0.3, -0.25) is 9.69 Å². The third-order valence-corrected chi connectivity index (χ3v) is 8.93. The number of amides is 1. The van der Waals surface area contributed by atoms with Crippen LogP contribution in [0.3, 0.4) is 0 Å². The predicted molar refractivity (Wildman–Crippen MR) is 161 cm³/mol. The smallest absolute Gasteiger partial charge is 0.260 e. The molecule has 1 saturated heterocycles. The van der Waals surface area contributed by atoms with Gasteiger partial charge in [-0.1, -0.05) is 60.1 Å². The van der Waals surface area contributed by atoms with E-state index in [9.17, 15) is 9.90 Å². The van der Waals surface area contributed by atoms with Crippen molar-refractivity contribution in [2.24, 2.45) is 0 Å². The fraction of sp³-hybridized carbons (Fsp3) is 0.312. The van der Waals surface area contributed by atoms with Gasteiger partial charge in [0.25, 0.3) is 5.91 Å². The van der Waals surface area contributed by atoms with Gasteiger partial charge in [-0.15, -0.1) is 11.3 Å². The van der Waals surface area contributed by atoms with E-state index >= 15 is 0 Å². The molecule has 40 heavy (non-hydrogen) atoms. The van der Waals surface area contributed by atoms with Crippen LogP contribution in [-0.2, 0) is 16.9 Å². The van der Waals surface area contributed by atoms with E-state index in [1.165, 1.54) is 0 Å². The molecule has 1 fully saturated rings. The third-order valence-electron chi connectivity index (χ3n) is 7.73. The van der Waals surface area contributed by atoms with Gasteiger partial charge in [-0.05, 0) is 67.8 Å². The summed E-state index contributed by atoms with van der Waals surface area (Å²) >= 11 is 7.65. The highest BCUT2D eigenvalue weighted by atomic mass is 35.5. The zero-order valence-electron chi connectivity index (χ0n) is 22.8. The SMILES string of the molecule is C[C@H](c1nccs1)N(C)Cc1cc(-c2ccccc2)ccc1OCC(=O)N1CCC(O)(c2ccc(Cl)cc2)CC1. The van der Waals surface area contributed by atoms with E-state index in [0.29, 0.717) is 43.2 Å². The maximum atomic E-state index is 13.1. The number of nitrogens with zero attached hydrogens (tertiary/aromatic N) is 3. The van der Waals surface area contributed by atoms with Crippen LogP contribution in [0.15, 0.2) is 84.4 Å². The predicted octanol–water partition coefficient (Wildman–Crippen LogP) is 6.55. The summed E-state index contributed by atoms with van der Waals surface area (Å²) in [4.78, 5) is 21.6. The molecule has 0 spiro atoms.